The van der Waals surface area contributed by atoms with Gasteiger partial charge in [-0.1, -0.05) is 12.1 Å². The molecule has 19 heavy (non-hydrogen) atoms. The van der Waals surface area contributed by atoms with Crippen LogP contribution < -0.4 is 0 Å². The summed E-state index contributed by atoms with van der Waals surface area (Å²) >= 11 is 1.46. The van der Waals surface area contributed by atoms with Crippen LogP contribution in [-0.2, 0) is 6.18 Å². The molecule has 0 spiro atoms. The molecule has 2 aromatic carbocycles. The highest BCUT2D eigenvalue weighted by Gasteiger charge is 2.33. The molecule has 1 nitrogen and oxygen atoms in total. The number of hydrogen-bond acceptors (Lipinski definition) is 2. The molecule has 0 saturated heterocycles. The van der Waals surface area contributed by atoms with Crippen molar-refractivity contribution in [2.75, 3.05) is 0 Å². The van der Waals surface area contributed by atoms with Crippen LogP contribution >= 0.6 is 11.3 Å². The molecule has 0 aliphatic rings. The topological polar surface area (TPSA) is 12.9 Å². The molecule has 0 aliphatic heterocycles. The molecule has 0 bridgehead atoms. The van der Waals surface area contributed by atoms with Crippen molar-refractivity contribution in [2.24, 2.45) is 0 Å². The fourth-order valence-corrected chi connectivity index (χ4v) is 2.60. The molecule has 3 aromatic rings. The second-order valence-corrected chi connectivity index (χ2v) is 4.89. The van der Waals surface area contributed by atoms with Gasteiger partial charge in [-0.2, -0.15) is 13.2 Å². The Morgan fingerprint density at radius 3 is 2.79 bits per heavy atom. The number of thiazole rings is 1. The smallest absolute Gasteiger partial charge is 0.245 e. The lowest BCUT2D eigenvalue weighted by atomic mass is 9.99. The first-order valence-corrected chi connectivity index (χ1v) is 6.34. The minimum Gasteiger partial charge on any atom is -0.245 e. The van der Waals surface area contributed by atoms with E-state index in [2.05, 4.69) is 11.1 Å². The van der Waals surface area contributed by atoms with Gasteiger partial charge in [0.2, 0.25) is 0 Å². The van der Waals surface area contributed by atoms with Crippen molar-refractivity contribution in [3.63, 3.8) is 0 Å². The van der Waals surface area contributed by atoms with Crippen LogP contribution in [0.4, 0.5) is 13.2 Å². The van der Waals surface area contributed by atoms with Gasteiger partial charge in [-0.05, 0) is 41.5 Å². The van der Waals surface area contributed by atoms with E-state index in [9.17, 15) is 13.2 Å². The lowest BCUT2D eigenvalue weighted by molar-refractivity contribution is -0.137. The van der Waals surface area contributed by atoms with E-state index in [1.54, 1.807) is 23.7 Å². The van der Waals surface area contributed by atoms with Crippen molar-refractivity contribution in [3.05, 3.63) is 53.5 Å². The summed E-state index contributed by atoms with van der Waals surface area (Å²) in [5, 5.41) is 0. The van der Waals surface area contributed by atoms with E-state index in [4.69, 9.17) is 0 Å². The quantitative estimate of drug-likeness (QED) is 0.624. The van der Waals surface area contributed by atoms with Crippen molar-refractivity contribution in [1.82, 2.24) is 4.98 Å². The highest BCUT2D eigenvalue weighted by molar-refractivity contribution is 7.16. The second-order valence-electron chi connectivity index (χ2n) is 4.00. The van der Waals surface area contributed by atoms with E-state index in [0.29, 0.717) is 11.1 Å². The van der Waals surface area contributed by atoms with Crippen LogP contribution in [0.2, 0.25) is 0 Å². The summed E-state index contributed by atoms with van der Waals surface area (Å²) < 4.78 is 39.8. The van der Waals surface area contributed by atoms with Crippen LogP contribution in [0.15, 0.2) is 41.9 Å². The first-order valence-electron chi connectivity index (χ1n) is 5.46. The van der Waals surface area contributed by atoms with Gasteiger partial charge in [0.05, 0.1) is 21.3 Å². The molecule has 0 atom stereocenters. The summed E-state index contributed by atoms with van der Waals surface area (Å²) in [4.78, 5) is 4.12. The third-order valence-electron chi connectivity index (χ3n) is 2.81. The molecule has 1 aromatic heterocycles. The number of benzene rings is 2. The monoisotopic (exact) mass is 278 g/mol. The predicted octanol–water partition coefficient (Wildman–Crippen LogP) is 4.78. The Balaban J connectivity index is 2.21. The van der Waals surface area contributed by atoms with E-state index in [-0.39, 0.29) is 5.56 Å². The Morgan fingerprint density at radius 2 is 2.00 bits per heavy atom. The molecule has 0 unspecified atom stereocenters. The lowest BCUT2D eigenvalue weighted by Gasteiger charge is -2.12. The molecule has 0 amide bonds. The number of rotatable bonds is 1. The van der Waals surface area contributed by atoms with Gasteiger partial charge in [-0.15, -0.1) is 11.3 Å². The van der Waals surface area contributed by atoms with Gasteiger partial charge in [0.25, 0.3) is 0 Å². The fraction of sp³-hybridized carbons (Fsp3) is 0.0714. The first-order chi connectivity index (χ1) is 9.05. The summed E-state index contributed by atoms with van der Waals surface area (Å²) in [6.07, 6.45) is -4.37. The molecule has 1 heterocycles. The van der Waals surface area contributed by atoms with Crippen LogP contribution in [0.1, 0.15) is 5.56 Å². The number of aromatic nitrogens is 1. The van der Waals surface area contributed by atoms with Crippen molar-refractivity contribution in [1.29, 1.82) is 0 Å². The molecular weight excluding hydrogens is 271 g/mol. The average Bonchev–Trinajstić information content (AvgIpc) is 2.85. The SMILES string of the molecule is FC(F)(F)c1cc[c]cc1-c1ccc2scnc2c1. The molecule has 0 N–H and O–H groups in total. The fourth-order valence-electron chi connectivity index (χ4n) is 1.94. The zero-order valence-corrected chi connectivity index (χ0v) is 10.3. The minimum atomic E-state index is -4.37. The minimum absolute atomic E-state index is 0.130. The lowest BCUT2D eigenvalue weighted by Crippen LogP contribution is -2.06. The summed E-state index contributed by atoms with van der Waals surface area (Å²) in [5.41, 5.74) is 2.36. The van der Waals surface area contributed by atoms with E-state index >= 15 is 0 Å². The highest BCUT2D eigenvalue weighted by atomic mass is 32.1. The van der Waals surface area contributed by atoms with Gasteiger partial charge in [0.1, 0.15) is 0 Å². The van der Waals surface area contributed by atoms with Crippen LogP contribution in [0, 0.1) is 6.07 Å². The molecule has 95 valence electrons. The molecule has 0 aliphatic carbocycles. The number of hydrogen-bond donors (Lipinski definition) is 0. The Kier molecular flexibility index (Phi) is 2.78. The zero-order chi connectivity index (χ0) is 13.5. The van der Waals surface area contributed by atoms with E-state index in [0.717, 1.165) is 10.8 Å². The summed E-state index contributed by atoms with van der Waals surface area (Å²) in [6.45, 7) is 0. The van der Waals surface area contributed by atoms with Gasteiger partial charge in [0, 0.05) is 0 Å². The highest BCUT2D eigenvalue weighted by Crippen LogP contribution is 2.37. The van der Waals surface area contributed by atoms with Crippen molar-refractivity contribution in [3.8, 4) is 11.1 Å². The maximum absolute atomic E-state index is 13.0. The van der Waals surface area contributed by atoms with Crippen molar-refractivity contribution >= 4 is 21.6 Å². The molecule has 0 fully saturated rings. The largest absolute Gasteiger partial charge is 0.417 e. The molecule has 5 heteroatoms. The van der Waals surface area contributed by atoms with Crippen LogP contribution in [0.25, 0.3) is 21.3 Å². The van der Waals surface area contributed by atoms with Crippen LogP contribution in [-0.4, -0.2) is 4.98 Å². The summed E-state index contributed by atoms with van der Waals surface area (Å²) in [7, 11) is 0. The maximum atomic E-state index is 13.0. The number of fused-ring (bicyclic) bond motifs is 1. The van der Waals surface area contributed by atoms with E-state index in [1.807, 2.05) is 0 Å². The van der Waals surface area contributed by atoms with Crippen LogP contribution in [0.3, 0.4) is 0 Å². The zero-order valence-electron chi connectivity index (χ0n) is 9.53. The van der Waals surface area contributed by atoms with Crippen molar-refractivity contribution < 1.29 is 13.2 Å². The Morgan fingerprint density at radius 1 is 1.16 bits per heavy atom. The van der Waals surface area contributed by atoms with Gasteiger partial charge in [-0.3, -0.25) is 0 Å². The van der Waals surface area contributed by atoms with Gasteiger partial charge >= 0.3 is 6.18 Å². The van der Waals surface area contributed by atoms with Crippen molar-refractivity contribution in [2.45, 2.75) is 6.18 Å². The number of halogens is 3. The van der Waals surface area contributed by atoms with E-state index in [1.165, 1.54) is 23.5 Å². The average molecular weight is 278 g/mol. The van der Waals surface area contributed by atoms with Gasteiger partial charge < -0.3 is 0 Å². The van der Waals surface area contributed by atoms with Gasteiger partial charge in [-0.25, -0.2) is 4.98 Å². The number of alkyl halides is 3. The third kappa shape index (κ3) is 2.21. The molecule has 1 radical (unpaired) electrons. The second kappa shape index (κ2) is 4.35. The molecule has 3 rings (SSSR count). The normalized spacial score (nSPS) is 11.9. The Bertz CT molecular complexity index is 731. The predicted molar refractivity (Wildman–Crippen MR) is 68.9 cm³/mol. The number of nitrogens with zero attached hydrogens (tertiary/aromatic N) is 1. The maximum Gasteiger partial charge on any atom is 0.417 e. The third-order valence-corrected chi connectivity index (χ3v) is 3.62. The standard InChI is InChI=1S/C14H7F3NS/c15-14(16,17)11-4-2-1-3-10(11)9-5-6-13-12(7-9)18-8-19-13/h2-8H. The summed E-state index contributed by atoms with van der Waals surface area (Å²) in [5.74, 6) is 0. The Labute approximate surface area is 111 Å². The molecule has 0 saturated carbocycles. The Hall–Kier alpha value is -1.88. The summed E-state index contributed by atoms with van der Waals surface area (Å²) in [6, 6.07) is 11.5. The van der Waals surface area contributed by atoms with Crippen LogP contribution in [0.5, 0.6) is 0 Å². The van der Waals surface area contributed by atoms with E-state index < -0.39 is 11.7 Å². The van der Waals surface area contributed by atoms with Gasteiger partial charge in [0.15, 0.2) is 0 Å². The first kappa shape index (κ1) is 12.2. The molecular formula is C14H7F3NS.